The maximum atomic E-state index is 4.38. The van der Waals surface area contributed by atoms with Crippen LogP contribution in [0.1, 0.15) is 12.8 Å². The number of fused-ring (bicyclic) bond motifs is 1. The summed E-state index contributed by atoms with van der Waals surface area (Å²) < 4.78 is 2.27. The second-order valence-electron chi connectivity index (χ2n) is 3.83. The Morgan fingerprint density at radius 2 is 2.31 bits per heavy atom. The van der Waals surface area contributed by atoms with Gasteiger partial charge in [-0.15, -0.1) is 0 Å². The molecule has 66 valence electrons. The Bertz CT molecular complexity index is 426. The molecule has 2 aromatic heterocycles. The summed E-state index contributed by atoms with van der Waals surface area (Å²) in [5.74, 6) is 0.914. The van der Waals surface area contributed by atoms with Crippen LogP contribution in [-0.4, -0.2) is 9.55 Å². The first-order valence-corrected chi connectivity index (χ1v) is 4.83. The molecule has 2 heterocycles. The average molecular weight is 172 g/mol. The van der Waals surface area contributed by atoms with Crippen molar-refractivity contribution in [3.05, 3.63) is 30.6 Å². The lowest BCUT2D eigenvalue weighted by Gasteiger charge is -2.01. The normalized spacial score (nSPS) is 16.6. The zero-order valence-electron chi connectivity index (χ0n) is 7.48. The van der Waals surface area contributed by atoms with Crippen LogP contribution >= 0.6 is 0 Å². The molecule has 13 heavy (non-hydrogen) atoms. The van der Waals surface area contributed by atoms with Gasteiger partial charge < -0.3 is 4.57 Å². The molecule has 0 bridgehead atoms. The Morgan fingerprint density at radius 1 is 1.38 bits per heavy atom. The van der Waals surface area contributed by atoms with Crippen molar-refractivity contribution in [2.75, 3.05) is 0 Å². The van der Waals surface area contributed by atoms with Gasteiger partial charge in [-0.3, -0.25) is 0 Å². The van der Waals surface area contributed by atoms with Gasteiger partial charge in [-0.05, 0) is 37.0 Å². The Morgan fingerprint density at radius 3 is 3.15 bits per heavy atom. The van der Waals surface area contributed by atoms with Crippen molar-refractivity contribution in [3.8, 4) is 0 Å². The van der Waals surface area contributed by atoms with E-state index in [1.807, 2.05) is 12.3 Å². The van der Waals surface area contributed by atoms with Gasteiger partial charge in [0.2, 0.25) is 0 Å². The Balaban J connectivity index is 2.06. The maximum absolute atomic E-state index is 4.38. The van der Waals surface area contributed by atoms with Crippen LogP contribution in [-0.2, 0) is 6.54 Å². The lowest BCUT2D eigenvalue weighted by atomic mass is 10.3. The molecule has 2 aromatic rings. The molecule has 2 nitrogen and oxygen atoms in total. The first-order chi connectivity index (χ1) is 6.43. The van der Waals surface area contributed by atoms with E-state index in [2.05, 4.69) is 27.9 Å². The van der Waals surface area contributed by atoms with Gasteiger partial charge >= 0.3 is 0 Å². The smallest absolute Gasteiger partial charge is 0.139 e. The Hall–Kier alpha value is -1.31. The summed E-state index contributed by atoms with van der Waals surface area (Å²) in [7, 11) is 0. The fraction of sp³-hybridized carbons (Fsp3) is 0.364. The van der Waals surface area contributed by atoms with E-state index < -0.39 is 0 Å². The number of pyridine rings is 1. The van der Waals surface area contributed by atoms with E-state index >= 15 is 0 Å². The van der Waals surface area contributed by atoms with Crippen molar-refractivity contribution in [2.24, 2.45) is 5.92 Å². The van der Waals surface area contributed by atoms with Crippen molar-refractivity contribution < 1.29 is 0 Å². The van der Waals surface area contributed by atoms with Crippen LogP contribution in [0.25, 0.3) is 11.0 Å². The van der Waals surface area contributed by atoms with Gasteiger partial charge in [-0.1, -0.05) is 0 Å². The first kappa shape index (κ1) is 7.13. The summed E-state index contributed by atoms with van der Waals surface area (Å²) in [6, 6.07) is 6.25. The van der Waals surface area contributed by atoms with Crippen molar-refractivity contribution >= 4 is 11.0 Å². The number of nitrogens with zero attached hydrogens (tertiary/aromatic N) is 2. The molecule has 0 aliphatic heterocycles. The van der Waals surface area contributed by atoms with E-state index in [4.69, 9.17) is 0 Å². The minimum Gasteiger partial charge on any atom is -0.332 e. The summed E-state index contributed by atoms with van der Waals surface area (Å²) in [6.07, 6.45) is 6.81. The maximum Gasteiger partial charge on any atom is 0.139 e. The van der Waals surface area contributed by atoms with Crippen molar-refractivity contribution in [1.29, 1.82) is 0 Å². The van der Waals surface area contributed by atoms with Crippen LogP contribution in [0.2, 0.25) is 0 Å². The van der Waals surface area contributed by atoms with Crippen LogP contribution in [0.3, 0.4) is 0 Å². The summed E-state index contributed by atoms with van der Waals surface area (Å²) >= 11 is 0. The zero-order chi connectivity index (χ0) is 8.67. The molecule has 0 unspecified atom stereocenters. The molecule has 1 saturated carbocycles. The van der Waals surface area contributed by atoms with E-state index in [9.17, 15) is 0 Å². The predicted octanol–water partition coefficient (Wildman–Crippen LogP) is 2.45. The largest absolute Gasteiger partial charge is 0.332 e. The number of hydrogen-bond acceptors (Lipinski definition) is 1. The summed E-state index contributed by atoms with van der Waals surface area (Å²) in [5.41, 5.74) is 1.13. The minimum absolute atomic E-state index is 0.914. The number of aromatic nitrogens is 2. The van der Waals surface area contributed by atoms with Gasteiger partial charge in [0.25, 0.3) is 0 Å². The summed E-state index contributed by atoms with van der Waals surface area (Å²) in [5, 5.41) is 1.25. The Kier molecular flexibility index (Phi) is 1.42. The zero-order valence-corrected chi connectivity index (χ0v) is 7.48. The number of hydrogen-bond donors (Lipinski definition) is 0. The van der Waals surface area contributed by atoms with Crippen molar-refractivity contribution in [3.63, 3.8) is 0 Å². The lowest BCUT2D eigenvalue weighted by Crippen LogP contribution is -1.98. The van der Waals surface area contributed by atoms with Gasteiger partial charge in [0.1, 0.15) is 5.65 Å². The molecule has 0 amide bonds. The summed E-state index contributed by atoms with van der Waals surface area (Å²) in [6.45, 7) is 1.15. The van der Waals surface area contributed by atoms with E-state index in [0.29, 0.717) is 0 Å². The molecule has 0 atom stereocenters. The van der Waals surface area contributed by atoms with E-state index in [0.717, 1.165) is 18.1 Å². The summed E-state index contributed by atoms with van der Waals surface area (Å²) in [4.78, 5) is 4.38. The van der Waals surface area contributed by atoms with Crippen molar-refractivity contribution in [2.45, 2.75) is 19.4 Å². The average Bonchev–Trinajstić information content (AvgIpc) is 2.88. The van der Waals surface area contributed by atoms with Crippen molar-refractivity contribution in [1.82, 2.24) is 9.55 Å². The predicted molar refractivity (Wildman–Crippen MR) is 52.5 cm³/mol. The molecular weight excluding hydrogens is 160 g/mol. The standard InChI is InChI=1S/C11H12N2/c1-2-10-5-7-13(8-9-3-4-9)11(10)12-6-1/h1-2,5-7,9H,3-4,8H2. The quantitative estimate of drug-likeness (QED) is 0.680. The minimum atomic E-state index is 0.914. The second-order valence-corrected chi connectivity index (χ2v) is 3.83. The SMILES string of the molecule is c1cnc2c(c1)ccn2CC1CC1. The van der Waals surface area contributed by atoms with Crippen LogP contribution < -0.4 is 0 Å². The molecule has 1 fully saturated rings. The van der Waals surface area contributed by atoms with Crippen LogP contribution in [0.4, 0.5) is 0 Å². The molecule has 3 rings (SSSR count). The highest BCUT2D eigenvalue weighted by Crippen LogP contribution is 2.31. The topological polar surface area (TPSA) is 17.8 Å². The molecule has 0 N–H and O–H groups in total. The molecule has 0 spiro atoms. The van der Waals surface area contributed by atoms with Crippen LogP contribution in [0, 0.1) is 5.92 Å². The fourth-order valence-corrected chi connectivity index (χ4v) is 1.75. The van der Waals surface area contributed by atoms with E-state index in [1.165, 1.54) is 18.2 Å². The molecule has 2 heteroatoms. The van der Waals surface area contributed by atoms with Gasteiger partial charge in [0.05, 0.1) is 0 Å². The third kappa shape index (κ3) is 1.22. The van der Waals surface area contributed by atoms with E-state index in [1.54, 1.807) is 0 Å². The van der Waals surface area contributed by atoms with Crippen LogP contribution in [0.15, 0.2) is 30.6 Å². The third-order valence-corrected chi connectivity index (χ3v) is 2.67. The second kappa shape index (κ2) is 2.59. The molecular formula is C11H12N2. The van der Waals surface area contributed by atoms with Gasteiger partial charge in [-0.2, -0.15) is 0 Å². The lowest BCUT2D eigenvalue weighted by molar-refractivity contribution is 0.643. The molecule has 0 radical (unpaired) electrons. The third-order valence-electron chi connectivity index (χ3n) is 2.67. The van der Waals surface area contributed by atoms with Gasteiger partial charge in [0.15, 0.2) is 0 Å². The molecule has 1 aliphatic rings. The van der Waals surface area contributed by atoms with Crippen LogP contribution in [0.5, 0.6) is 0 Å². The monoisotopic (exact) mass is 172 g/mol. The molecule has 0 aromatic carbocycles. The highest BCUT2D eigenvalue weighted by atomic mass is 15.0. The Labute approximate surface area is 77.2 Å². The molecule has 1 aliphatic carbocycles. The van der Waals surface area contributed by atoms with E-state index in [-0.39, 0.29) is 0 Å². The number of rotatable bonds is 2. The highest BCUT2D eigenvalue weighted by molar-refractivity contribution is 5.75. The molecule has 0 saturated heterocycles. The van der Waals surface area contributed by atoms with Gasteiger partial charge in [0, 0.05) is 24.3 Å². The van der Waals surface area contributed by atoms with Gasteiger partial charge in [-0.25, -0.2) is 4.98 Å². The first-order valence-electron chi connectivity index (χ1n) is 4.83. The fourth-order valence-electron chi connectivity index (χ4n) is 1.75. The highest BCUT2D eigenvalue weighted by Gasteiger charge is 2.22.